The van der Waals surface area contributed by atoms with E-state index in [1.54, 1.807) is 31.4 Å². The van der Waals surface area contributed by atoms with E-state index in [0.29, 0.717) is 27.1 Å². The van der Waals surface area contributed by atoms with Crippen LogP contribution in [0.5, 0.6) is 11.5 Å². The highest BCUT2D eigenvalue weighted by Gasteiger charge is 2.11. The zero-order valence-corrected chi connectivity index (χ0v) is 17.6. The Morgan fingerprint density at radius 3 is 2.52 bits per heavy atom. The molecule has 0 N–H and O–H groups in total. The van der Waals surface area contributed by atoms with Crippen molar-refractivity contribution in [3.8, 4) is 11.5 Å². The first-order valence-electron chi connectivity index (χ1n) is 9.00. The molecule has 0 radical (unpaired) electrons. The summed E-state index contributed by atoms with van der Waals surface area (Å²) in [4.78, 5) is 12.5. The van der Waals surface area contributed by atoms with Gasteiger partial charge in [0.1, 0.15) is 6.61 Å². The number of carbonyl (C=O) groups is 1. The van der Waals surface area contributed by atoms with Gasteiger partial charge in [0.25, 0.3) is 0 Å². The fourth-order valence-corrected chi connectivity index (χ4v) is 3.14. The van der Waals surface area contributed by atoms with Crippen molar-refractivity contribution in [2.24, 2.45) is 0 Å². The molecule has 0 heterocycles. The van der Waals surface area contributed by atoms with E-state index in [1.807, 2.05) is 49.4 Å². The summed E-state index contributed by atoms with van der Waals surface area (Å²) < 4.78 is 11.4. The van der Waals surface area contributed by atoms with Crippen molar-refractivity contribution in [3.63, 3.8) is 0 Å². The summed E-state index contributed by atoms with van der Waals surface area (Å²) >= 11 is 12.0. The summed E-state index contributed by atoms with van der Waals surface area (Å²) in [6, 6.07) is 18.3. The fraction of sp³-hybridized carbons (Fsp3) is 0.125. The summed E-state index contributed by atoms with van der Waals surface area (Å²) in [5.74, 6) is 1.05. The Kier molecular flexibility index (Phi) is 6.97. The molecule has 0 aliphatic heterocycles. The quantitative estimate of drug-likeness (QED) is 0.308. The predicted molar refractivity (Wildman–Crippen MR) is 118 cm³/mol. The summed E-state index contributed by atoms with van der Waals surface area (Å²) in [5.41, 5.74) is 3.29. The molecular weight excluding hydrogens is 407 g/mol. The Morgan fingerprint density at radius 2 is 1.79 bits per heavy atom. The minimum Gasteiger partial charge on any atom is -0.493 e. The van der Waals surface area contributed by atoms with Crippen LogP contribution in [0.15, 0.2) is 66.7 Å². The molecule has 0 saturated carbocycles. The molecule has 148 valence electrons. The van der Waals surface area contributed by atoms with Gasteiger partial charge in [-0.2, -0.15) is 0 Å². The number of halogens is 2. The lowest BCUT2D eigenvalue weighted by Crippen LogP contribution is -2.00. The molecule has 0 aromatic heterocycles. The van der Waals surface area contributed by atoms with Crippen molar-refractivity contribution < 1.29 is 14.3 Å². The van der Waals surface area contributed by atoms with Gasteiger partial charge in [0.2, 0.25) is 0 Å². The van der Waals surface area contributed by atoms with Crippen LogP contribution in [0.3, 0.4) is 0 Å². The number of allylic oxidation sites excluding steroid dienone is 1. The molecule has 0 saturated heterocycles. The van der Waals surface area contributed by atoms with Gasteiger partial charge in [-0.3, -0.25) is 4.79 Å². The topological polar surface area (TPSA) is 35.5 Å². The van der Waals surface area contributed by atoms with E-state index in [9.17, 15) is 4.79 Å². The standard InChI is InChI=1S/C24H20Cl2O3/c1-16-5-3-7-19(13-16)22(27)12-10-18-6-4-8-23(28-2)24(18)29-15-17-9-11-20(25)21(26)14-17/h3-14H,15H2,1-2H3/b12-10+. The van der Waals surface area contributed by atoms with Crippen LogP contribution in [0.4, 0.5) is 0 Å². The van der Waals surface area contributed by atoms with Gasteiger partial charge in [-0.05, 0) is 48.9 Å². The zero-order valence-electron chi connectivity index (χ0n) is 16.1. The highest BCUT2D eigenvalue weighted by Crippen LogP contribution is 2.33. The van der Waals surface area contributed by atoms with Crippen LogP contribution < -0.4 is 9.47 Å². The number of ketones is 1. The number of hydrogen-bond acceptors (Lipinski definition) is 3. The van der Waals surface area contributed by atoms with Crippen LogP contribution in [-0.4, -0.2) is 12.9 Å². The summed E-state index contributed by atoms with van der Waals surface area (Å²) in [6.07, 6.45) is 3.27. The Hall–Kier alpha value is -2.75. The van der Waals surface area contributed by atoms with E-state index >= 15 is 0 Å². The average molecular weight is 427 g/mol. The van der Waals surface area contributed by atoms with Crippen molar-refractivity contribution in [2.75, 3.05) is 7.11 Å². The van der Waals surface area contributed by atoms with Gasteiger partial charge in [0.05, 0.1) is 17.2 Å². The maximum atomic E-state index is 12.5. The smallest absolute Gasteiger partial charge is 0.185 e. The molecule has 0 aliphatic rings. The fourth-order valence-electron chi connectivity index (χ4n) is 2.82. The van der Waals surface area contributed by atoms with Crippen LogP contribution in [0.2, 0.25) is 10.0 Å². The molecule has 0 bridgehead atoms. The second kappa shape index (κ2) is 9.64. The lowest BCUT2D eigenvalue weighted by Gasteiger charge is -2.14. The molecule has 0 amide bonds. The van der Waals surface area contributed by atoms with Gasteiger partial charge < -0.3 is 9.47 Å². The molecule has 5 heteroatoms. The van der Waals surface area contributed by atoms with E-state index in [2.05, 4.69) is 0 Å². The predicted octanol–water partition coefficient (Wildman–Crippen LogP) is 6.79. The van der Waals surface area contributed by atoms with Crippen LogP contribution >= 0.6 is 23.2 Å². The monoisotopic (exact) mass is 426 g/mol. The largest absolute Gasteiger partial charge is 0.493 e. The molecule has 3 rings (SSSR count). The average Bonchev–Trinajstić information content (AvgIpc) is 2.72. The second-order valence-corrected chi connectivity index (χ2v) is 7.30. The lowest BCUT2D eigenvalue weighted by molar-refractivity contribution is 0.104. The van der Waals surface area contributed by atoms with E-state index < -0.39 is 0 Å². The minimum atomic E-state index is -0.0769. The molecule has 3 aromatic carbocycles. The van der Waals surface area contributed by atoms with E-state index in [0.717, 1.165) is 16.7 Å². The van der Waals surface area contributed by atoms with Crippen molar-refractivity contribution in [3.05, 3.63) is 99.0 Å². The van der Waals surface area contributed by atoms with E-state index in [-0.39, 0.29) is 12.4 Å². The van der Waals surface area contributed by atoms with Crippen LogP contribution in [0.25, 0.3) is 6.08 Å². The van der Waals surface area contributed by atoms with Gasteiger partial charge in [-0.1, -0.05) is 65.2 Å². The molecule has 3 nitrogen and oxygen atoms in total. The molecule has 0 atom stereocenters. The van der Waals surface area contributed by atoms with Gasteiger partial charge >= 0.3 is 0 Å². The Balaban J connectivity index is 1.83. The van der Waals surface area contributed by atoms with E-state index in [4.69, 9.17) is 32.7 Å². The van der Waals surface area contributed by atoms with E-state index in [1.165, 1.54) is 6.08 Å². The van der Waals surface area contributed by atoms with Gasteiger partial charge in [0, 0.05) is 11.1 Å². The van der Waals surface area contributed by atoms with Crippen LogP contribution in [0.1, 0.15) is 27.0 Å². The van der Waals surface area contributed by atoms with Gasteiger partial charge in [-0.15, -0.1) is 0 Å². The van der Waals surface area contributed by atoms with Gasteiger partial charge in [-0.25, -0.2) is 0 Å². The summed E-state index contributed by atoms with van der Waals surface area (Å²) in [6.45, 7) is 2.24. The Labute approximate surface area is 180 Å². The SMILES string of the molecule is COc1cccc(/C=C/C(=O)c2cccc(C)c2)c1OCc1ccc(Cl)c(Cl)c1. The van der Waals surface area contributed by atoms with Crippen LogP contribution in [0, 0.1) is 6.92 Å². The highest BCUT2D eigenvalue weighted by atomic mass is 35.5. The number of aryl methyl sites for hydroxylation is 1. The maximum absolute atomic E-state index is 12.5. The molecule has 0 spiro atoms. The summed E-state index contributed by atoms with van der Waals surface area (Å²) in [5, 5.41) is 0.961. The van der Waals surface area contributed by atoms with Crippen LogP contribution in [-0.2, 0) is 6.61 Å². The molecule has 3 aromatic rings. The van der Waals surface area contributed by atoms with Crippen molar-refractivity contribution in [1.82, 2.24) is 0 Å². The number of benzene rings is 3. The third-order valence-corrected chi connectivity index (χ3v) is 5.05. The summed E-state index contributed by atoms with van der Waals surface area (Å²) in [7, 11) is 1.58. The Morgan fingerprint density at radius 1 is 1.00 bits per heavy atom. The molecule has 0 fully saturated rings. The molecular formula is C24H20Cl2O3. The highest BCUT2D eigenvalue weighted by molar-refractivity contribution is 6.42. The first-order chi connectivity index (χ1) is 14.0. The second-order valence-electron chi connectivity index (χ2n) is 6.48. The molecule has 29 heavy (non-hydrogen) atoms. The third-order valence-electron chi connectivity index (χ3n) is 4.31. The molecule has 0 unspecified atom stereocenters. The molecule has 0 aliphatic carbocycles. The van der Waals surface area contributed by atoms with Crippen molar-refractivity contribution in [1.29, 1.82) is 0 Å². The maximum Gasteiger partial charge on any atom is 0.185 e. The van der Waals surface area contributed by atoms with Crippen molar-refractivity contribution >= 4 is 35.1 Å². The number of para-hydroxylation sites is 1. The Bertz CT molecular complexity index is 1060. The first-order valence-corrected chi connectivity index (χ1v) is 9.76. The number of ether oxygens (including phenoxy) is 2. The number of hydrogen-bond donors (Lipinski definition) is 0. The van der Waals surface area contributed by atoms with Gasteiger partial charge in [0.15, 0.2) is 17.3 Å². The lowest BCUT2D eigenvalue weighted by atomic mass is 10.1. The van der Waals surface area contributed by atoms with Crippen molar-refractivity contribution in [2.45, 2.75) is 13.5 Å². The first kappa shape index (κ1) is 21.0. The number of methoxy groups -OCH3 is 1. The zero-order chi connectivity index (χ0) is 20.8. The minimum absolute atomic E-state index is 0.0769. The third kappa shape index (κ3) is 5.41. The number of rotatable bonds is 7. The normalized spacial score (nSPS) is 10.9. The number of carbonyl (C=O) groups excluding carboxylic acids is 1.